The Morgan fingerprint density at radius 1 is 1.13 bits per heavy atom. The van der Waals surface area contributed by atoms with Gasteiger partial charge in [0.15, 0.2) is 11.6 Å². The van der Waals surface area contributed by atoms with E-state index in [-0.39, 0.29) is 5.75 Å². The molecule has 0 N–H and O–H groups in total. The highest BCUT2D eigenvalue weighted by Gasteiger charge is 2.04. The van der Waals surface area contributed by atoms with Gasteiger partial charge >= 0.3 is 0 Å². The second kappa shape index (κ2) is 4.32. The summed E-state index contributed by atoms with van der Waals surface area (Å²) in [5, 5.41) is 0.348. The maximum absolute atomic E-state index is 13.3. The number of ether oxygens (including phenoxy) is 1. The molecule has 0 aliphatic carbocycles. The van der Waals surface area contributed by atoms with Crippen LogP contribution in [0.4, 0.5) is 4.39 Å². The average molecular weight is 222 g/mol. The number of halogens is 2. The Labute approximate surface area is 92.1 Å². The fourth-order valence-corrected chi connectivity index (χ4v) is 1.28. The van der Waals surface area contributed by atoms with E-state index in [9.17, 15) is 4.39 Å². The third kappa shape index (κ3) is 2.48. The Morgan fingerprint density at radius 3 is 2.53 bits per heavy atom. The topological polar surface area (TPSA) is 9.23 Å². The molecule has 0 saturated heterocycles. The van der Waals surface area contributed by atoms with Crippen molar-refractivity contribution in [3.8, 4) is 11.5 Å². The van der Waals surface area contributed by atoms with Crippen molar-refractivity contribution >= 4 is 11.6 Å². The van der Waals surface area contributed by atoms with Gasteiger partial charge in [-0.3, -0.25) is 0 Å². The summed E-state index contributed by atoms with van der Waals surface area (Å²) in [7, 11) is 0. The summed E-state index contributed by atoms with van der Waals surface area (Å²) < 4.78 is 18.6. The van der Waals surface area contributed by atoms with Crippen LogP contribution in [0.15, 0.2) is 42.5 Å². The minimum absolute atomic E-state index is 0.158. The maximum atomic E-state index is 13.3. The molecule has 0 amide bonds. The molecule has 1 nitrogen and oxygen atoms in total. The van der Waals surface area contributed by atoms with Crippen molar-refractivity contribution in [3.63, 3.8) is 0 Å². The molecule has 15 heavy (non-hydrogen) atoms. The SMILES string of the molecule is Fc1cc(Cl)ccc1Oc1cc[c]cc1. The van der Waals surface area contributed by atoms with Gasteiger partial charge in [0.1, 0.15) is 5.75 Å². The zero-order valence-corrected chi connectivity index (χ0v) is 8.46. The van der Waals surface area contributed by atoms with Crippen molar-refractivity contribution in [1.82, 2.24) is 0 Å². The van der Waals surface area contributed by atoms with E-state index in [4.69, 9.17) is 16.3 Å². The van der Waals surface area contributed by atoms with Gasteiger partial charge in [0, 0.05) is 5.02 Å². The fourth-order valence-electron chi connectivity index (χ4n) is 1.12. The van der Waals surface area contributed by atoms with E-state index < -0.39 is 5.82 Å². The van der Waals surface area contributed by atoms with E-state index in [1.54, 1.807) is 30.3 Å². The number of rotatable bonds is 2. The summed E-state index contributed by atoms with van der Waals surface area (Å²) in [5.74, 6) is 0.246. The van der Waals surface area contributed by atoms with Crippen molar-refractivity contribution in [2.45, 2.75) is 0 Å². The first kappa shape index (κ1) is 9.99. The van der Waals surface area contributed by atoms with E-state index >= 15 is 0 Å². The molecule has 2 aromatic rings. The first-order chi connectivity index (χ1) is 7.25. The van der Waals surface area contributed by atoms with Gasteiger partial charge in [0.25, 0.3) is 0 Å². The van der Waals surface area contributed by atoms with Gasteiger partial charge in [0.2, 0.25) is 0 Å². The maximum Gasteiger partial charge on any atom is 0.167 e. The van der Waals surface area contributed by atoms with E-state index in [2.05, 4.69) is 6.07 Å². The minimum Gasteiger partial charge on any atom is -0.454 e. The lowest BCUT2D eigenvalue weighted by Crippen LogP contribution is -1.87. The molecule has 0 fully saturated rings. The molecule has 0 unspecified atom stereocenters. The lowest BCUT2D eigenvalue weighted by molar-refractivity contribution is 0.442. The monoisotopic (exact) mass is 221 g/mol. The van der Waals surface area contributed by atoms with E-state index in [1.165, 1.54) is 12.1 Å². The molecular weight excluding hydrogens is 215 g/mol. The van der Waals surface area contributed by atoms with Gasteiger partial charge in [-0.05, 0) is 36.4 Å². The fraction of sp³-hybridized carbons (Fsp3) is 0. The number of benzene rings is 2. The summed E-state index contributed by atoms with van der Waals surface area (Å²) in [4.78, 5) is 0. The Bertz CT molecular complexity index is 456. The van der Waals surface area contributed by atoms with E-state index in [1.807, 2.05) is 0 Å². The predicted molar refractivity (Wildman–Crippen MR) is 56.8 cm³/mol. The number of hydrogen-bond acceptors (Lipinski definition) is 1. The highest BCUT2D eigenvalue weighted by Crippen LogP contribution is 2.26. The van der Waals surface area contributed by atoms with Crippen LogP contribution < -0.4 is 4.74 Å². The number of hydrogen-bond donors (Lipinski definition) is 0. The lowest BCUT2D eigenvalue weighted by atomic mass is 10.3. The van der Waals surface area contributed by atoms with Gasteiger partial charge in [-0.25, -0.2) is 4.39 Å². The molecule has 0 saturated carbocycles. The van der Waals surface area contributed by atoms with Crippen LogP contribution in [0, 0.1) is 11.9 Å². The Kier molecular flexibility index (Phi) is 2.88. The largest absolute Gasteiger partial charge is 0.454 e. The molecule has 0 heterocycles. The molecule has 0 bridgehead atoms. The second-order valence-corrected chi connectivity index (χ2v) is 3.35. The molecule has 2 aromatic carbocycles. The van der Waals surface area contributed by atoms with Crippen molar-refractivity contribution < 1.29 is 9.13 Å². The first-order valence-corrected chi connectivity index (χ1v) is 4.72. The van der Waals surface area contributed by atoms with E-state index in [0.29, 0.717) is 10.8 Å². The molecule has 0 aromatic heterocycles. The quantitative estimate of drug-likeness (QED) is 0.743. The summed E-state index contributed by atoms with van der Waals surface area (Å²) >= 11 is 5.62. The van der Waals surface area contributed by atoms with Crippen molar-refractivity contribution in [3.05, 3.63) is 59.4 Å². The summed E-state index contributed by atoms with van der Waals surface area (Å²) in [6.07, 6.45) is 0. The van der Waals surface area contributed by atoms with Crippen molar-refractivity contribution in [1.29, 1.82) is 0 Å². The molecule has 1 radical (unpaired) electrons. The zero-order valence-electron chi connectivity index (χ0n) is 7.71. The Morgan fingerprint density at radius 2 is 1.87 bits per heavy atom. The van der Waals surface area contributed by atoms with Crippen LogP contribution in [0.3, 0.4) is 0 Å². The van der Waals surface area contributed by atoms with E-state index in [0.717, 1.165) is 0 Å². The second-order valence-electron chi connectivity index (χ2n) is 2.91. The van der Waals surface area contributed by atoms with Crippen LogP contribution in [0.25, 0.3) is 0 Å². The van der Waals surface area contributed by atoms with Crippen LogP contribution in [0.2, 0.25) is 5.02 Å². The molecule has 0 aliphatic heterocycles. The first-order valence-electron chi connectivity index (χ1n) is 4.35. The summed E-state index contributed by atoms with van der Waals surface area (Å²) in [6, 6.07) is 13.9. The molecule has 3 heteroatoms. The van der Waals surface area contributed by atoms with Gasteiger partial charge in [-0.2, -0.15) is 0 Å². The normalized spacial score (nSPS) is 10.0. The van der Waals surface area contributed by atoms with Crippen LogP contribution in [0.5, 0.6) is 11.5 Å². The van der Waals surface area contributed by atoms with Gasteiger partial charge in [-0.1, -0.05) is 23.7 Å². The highest BCUT2D eigenvalue weighted by molar-refractivity contribution is 6.30. The molecule has 0 aliphatic rings. The van der Waals surface area contributed by atoms with Crippen LogP contribution >= 0.6 is 11.6 Å². The molecule has 0 atom stereocenters. The standard InChI is InChI=1S/C12H7ClFO/c13-9-6-7-12(11(14)8-9)15-10-4-2-1-3-5-10/h2-8H. The van der Waals surface area contributed by atoms with Crippen LogP contribution in [0.1, 0.15) is 0 Å². The molecule has 75 valence electrons. The zero-order chi connectivity index (χ0) is 10.7. The van der Waals surface area contributed by atoms with Crippen molar-refractivity contribution in [2.24, 2.45) is 0 Å². The van der Waals surface area contributed by atoms with Gasteiger partial charge in [0.05, 0.1) is 0 Å². The van der Waals surface area contributed by atoms with Gasteiger partial charge < -0.3 is 4.74 Å². The molecule has 0 spiro atoms. The van der Waals surface area contributed by atoms with Gasteiger partial charge in [-0.15, -0.1) is 0 Å². The highest BCUT2D eigenvalue weighted by atomic mass is 35.5. The lowest BCUT2D eigenvalue weighted by Gasteiger charge is -2.06. The average Bonchev–Trinajstić information content (AvgIpc) is 2.24. The molecule has 2 rings (SSSR count). The smallest absolute Gasteiger partial charge is 0.167 e. The predicted octanol–water partition coefficient (Wildman–Crippen LogP) is 4.07. The summed E-state index contributed by atoms with van der Waals surface area (Å²) in [5.41, 5.74) is 0. The Hall–Kier alpha value is -1.54. The molecular formula is C12H7ClFO. The Balaban J connectivity index is 2.25. The van der Waals surface area contributed by atoms with Crippen LogP contribution in [-0.2, 0) is 0 Å². The minimum atomic E-state index is -0.477. The third-order valence-electron chi connectivity index (χ3n) is 1.81. The summed E-state index contributed by atoms with van der Waals surface area (Å²) in [6.45, 7) is 0. The van der Waals surface area contributed by atoms with Crippen LogP contribution in [-0.4, -0.2) is 0 Å². The third-order valence-corrected chi connectivity index (χ3v) is 2.04. The van der Waals surface area contributed by atoms with Crippen molar-refractivity contribution in [2.75, 3.05) is 0 Å².